The van der Waals surface area contributed by atoms with Crippen molar-refractivity contribution in [3.63, 3.8) is 0 Å². The Labute approximate surface area is 84.0 Å². The molecule has 1 aliphatic rings. The summed E-state index contributed by atoms with van der Waals surface area (Å²) in [6.45, 7) is 7.36. The third-order valence-corrected chi connectivity index (χ3v) is 1.82. The standard InChI is InChI=1S/C12H13NO/c1-4-5-10(3)13-12-7-6-11(14)8-9(12)2/h4-8H,1H2,2-3H3/b10-5+,13-12?. The molecule has 0 heterocycles. The summed E-state index contributed by atoms with van der Waals surface area (Å²) in [6.07, 6.45) is 8.35. The molecular weight excluding hydrogens is 174 g/mol. The third-order valence-electron chi connectivity index (χ3n) is 1.82. The van der Waals surface area contributed by atoms with Gasteiger partial charge < -0.3 is 0 Å². The maximum Gasteiger partial charge on any atom is 0.179 e. The molecule has 0 saturated carbocycles. The van der Waals surface area contributed by atoms with Crippen molar-refractivity contribution >= 4 is 11.5 Å². The van der Waals surface area contributed by atoms with Crippen LogP contribution in [-0.4, -0.2) is 11.5 Å². The van der Waals surface area contributed by atoms with Gasteiger partial charge in [-0.1, -0.05) is 12.7 Å². The largest absolute Gasteiger partial charge is 0.290 e. The van der Waals surface area contributed by atoms with Crippen molar-refractivity contribution < 1.29 is 4.79 Å². The van der Waals surface area contributed by atoms with Crippen LogP contribution in [0.5, 0.6) is 0 Å². The van der Waals surface area contributed by atoms with Crippen molar-refractivity contribution in [1.82, 2.24) is 0 Å². The van der Waals surface area contributed by atoms with E-state index in [1.165, 1.54) is 6.08 Å². The quantitative estimate of drug-likeness (QED) is 0.482. The molecule has 1 rings (SSSR count). The molecule has 0 unspecified atom stereocenters. The lowest BCUT2D eigenvalue weighted by Gasteiger charge is -2.05. The van der Waals surface area contributed by atoms with Gasteiger partial charge in [-0.2, -0.15) is 0 Å². The molecule has 0 bridgehead atoms. The second kappa shape index (κ2) is 4.51. The van der Waals surface area contributed by atoms with E-state index in [-0.39, 0.29) is 5.78 Å². The lowest BCUT2D eigenvalue weighted by atomic mass is 10.0. The van der Waals surface area contributed by atoms with Gasteiger partial charge >= 0.3 is 0 Å². The highest BCUT2D eigenvalue weighted by molar-refractivity contribution is 6.19. The molecule has 0 radical (unpaired) electrons. The van der Waals surface area contributed by atoms with Gasteiger partial charge in [-0.15, -0.1) is 0 Å². The van der Waals surface area contributed by atoms with E-state index in [2.05, 4.69) is 11.6 Å². The summed E-state index contributed by atoms with van der Waals surface area (Å²) in [7, 11) is 0. The zero-order valence-electron chi connectivity index (χ0n) is 8.45. The first-order valence-electron chi connectivity index (χ1n) is 4.42. The molecule has 0 aromatic rings. The number of carbonyl (C=O) groups is 1. The molecule has 0 fully saturated rings. The highest BCUT2D eigenvalue weighted by atomic mass is 16.1. The van der Waals surface area contributed by atoms with Gasteiger partial charge in [-0.25, -0.2) is 0 Å². The van der Waals surface area contributed by atoms with Crippen molar-refractivity contribution in [3.8, 4) is 0 Å². The minimum absolute atomic E-state index is 0.0202. The molecule has 1 aliphatic carbocycles. The van der Waals surface area contributed by atoms with E-state index in [1.807, 2.05) is 19.9 Å². The Kier molecular flexibility index (Phi) is 3.35. The van der Waals surface area contributed by atoms with E-state index >= 15 is 0 Å². The predicted octanol–water partition coefficient (Wildman–Crippen LogP) is 2.60. The van der Waals surface area contributed by atoms with Crippen LogP contribution in [0.15, 0.2) is 53.2 Å². The Hall–Kier alpha value is -1.70. The minimum atomic E-state index is 0.0202. The second-order valence-electron chi connectivity index (χ2n) is 3.10. The Morgan fingerprint density at radius 3 is 2.79 bits per heavy atom. The highest BCUT2D eigenvalue weighted by Crippen LogP contribution is 2.08. The SMILES string of the molecule is C=C/C=C(\C)N=C1C=CC(=O)C=C1C. The molecule has 2 heteroatoms. The van der Waals surface area contributed by atoms with Crippen LogP contribution in [0.1, 0.15) is 13.8 Å². The molecule has 0 aromatic carbocycles. The van der Waals surface area contributed by atoms with Crippen LogP contribution in [0.4, 0.5) is 0 Å². The number of hydrogen-bond acceptors (Lipinski definition) is 2. The van der Waals surface area contributed by atoms with E-state index in [4.69, 9.17) is 0 Å². The number of ketones is 1. The van der Waals surface area contributed by atoms with Crippen molar-refractivity contribution in [2.24, 2.45) is 4.99 Å². The lowest BCUT2D eigenvalue weighted by molar-refractivity contribution is -0.110. The highest BCUT2D eigenvalue weighted by Gasteiger charge is 2.06. The fourth-order valence-corrected chi connectivity index (χ4v) is 1.15. The normalized spacial score (nSPS) is 19.9. The van der Waals surface area contributed by atoms with Crippen molar-refractivity contribution in [3.05, 3.63) is 48.2 Å². The molecule has 2 nitrogen and oxygen atoms in total. The lowest BCUT2D eigenvalue weighted by Crippen LogP contribution is -2.05. The van der Waals surface area contributed by atoms with E-state index in [9.17, 15) is 4.79 Å². The topological polar surface area (TPSA) is 29.4 Å². The predicted molar refractivity (Wildman–Crippen MR) is 59.3 cm³/mol. The van der Waals surface area contributed by atoms with Crippen molar-refractivity contribution in [2.75, 3.05) is 0 Å². The van der Waals surface area contributed by atoms with Gasteiger partial charge in [0.15, 0.2) is 5.78 Å². The van der Waals surface area contributed by atoms with E-state index in [0.29, 0.717) is 0 Å². The van der Waals surface area contributed by atoms with Crippen LogP contribution >= 0.6 is 0 Å². The monoisotopic (exact) mass is 187 g/mol. The Balaban J connectivity index is 2.95. The van der Waals surface area contributed by atoms with Gasteiger partial charge in [0.2, 0.25) is 0 Å². The average molecular weight is 187 g/mol. The molecule has 0 spiro atoms. The van der Waals surface area contributed by atoms with Crippen LogP contribution < -0.4 is 0 Å². The summed E-state index contributed by atoms with van der Waals surface area (Å²) >= 11 is 0. The van der Waals surface area contributed by atoms with Crippen LogP contribution in [0.25, 0.3) is 0 Å². The van der Waals surface area contributed by atoms with Crippen LogP contribution in [0.2, 0.25) is 0 Å². The molecule has 0 saturated heterocycles. The van der Waals surface area contributed by atoms with Crippen molar-refractivity contribution in [2.45, 2.75) is 13.8 Å². The number of hydrogen-bond donors (Lipinski definition) is 0. The summed E-state index contributed by atoms with van der Waals surface area (Å²) in [4.78, 5) is 15.3. The smallest absolute Gasteiger partial charge is 0.179 e. The number of allylic oxidation sites excluding steroid dienone is 7. The van der Waals surface area contributed by atoms with Crippen molar-refractivity contribution in [1.29, 1.82) is 0 Å². The Morgan fingerprint density at radius 1 is 1.50 bits per heavy atom. The molecule has 0 aliphatic heterocycles. The maximum absolute atomic E-state index is 11.0. The van der Waals surface area contributed by atoms with Gasteiger partial charge in [0.05, 0.1) is 5.71 Å². The fourth-order valence-electron chi connectivity index (χ4n) is 1.15. The summed E-state index contributed by atoms with van der Waals surface area (Å²) in [5.74, 6) is 0.0202. The molecule has 0 aromatic heterocycles. The summed E-state index contributed by atoms with van der Waals surface area (Å²) in [5, 5.41) is 0. The first-order chi connectivity index (χ1) is 6.63. The first-order valence-corrected chi connectivity index (χ1v) is 4.42. The van der Waals surface area contributed by atoms with Gasteiger partial charge in [0.25, 0.3) is 0 Å². The van der Waals surface area contributed by atoms with Crippen LogP contribution in [0.3, 0.4) is 0 Å². The Bertz CT molecular complexity index is 381. The summed E-state index contributed by atoms with van der Waals surface area (Å²) in [5.41, 5.74) is 2.61. The number of nitrogens with zero attached hydrogens (tertiary/aromatic N) is 1. The van der Waals surface area contributed by atoms with Gasteiger partial charge in [0.1, 0.15) is 0 Å². The second-order valence-corrected chi connectivity index (χ2v) is 3.10. The van der Waals surface area contributed by atoms with Gasteiger partial charge in [0, 0.05) is 5.70 Å². The number of rotatable bonds is 2. The average Bonchev–Trinajstić information content (AvgIpc) is 2.10. The summed E-state index contributed by atoms with van der Waals surface area (Å²) < 4.78 is 0. The molecule has 0 N–H and O–H groups in total. The summed E-state index contributed by atoms with van der Waals surface area (Å²) in [6, 6.07) is 0. The number of aliphatic imine (C=N–C) groups is 1. The fraction of sp³-hybridized carbons (Fsp3) is 0.167. The van der Waals surface area contributed by atoms with Crippen LogP contribution in [0, 0.1) is 0 Å². The van der Waals surface area contributed by atoms with Gasteiger partial charge in [-0.05, 0) is 43.7 Å². The zero-order valence-corrected chi connectivity index (χ0v) is 8.45. The third kappa shape index (κ3) is 2.66. The van der Waals surface area contributed by atoms with Gasteiger partial charge in [-0.3, -0.25) is 9.79 Å². The molecule has 14 heavy (non-hydrogen) atoms. The van der Waals surface area contributed by atoms with Crippen LogP contribution in [-0.2, 0) is 4.79 Å². The van der Waals surface area contributed by atoms with E-state index < -0.39 is 0 Å². The molecule has 72 valence electrons. The molecular formula is C12H13NO. The Morgan fingerprint density at radius 2 is 2.21 bits per heavy atom. The molecule has 0 amide bonds. The minimum Gasteiger partial charge on any atom is -0.290 e. The zero-order chi connectivity index (χ0) is 10.6. The van der Waals surface area contributed by atoms with E-state index in [0.717, 1.165) is 17.0 Å². The first kappa shape index (κ1) is 10.4. The maximum atomic E-state index is 11.0. The van der Waals surface area contributed by atoms with E-state index in [1.54, 1.807) is 18.2 Å². The molecule has 0 atom stereocenters. The number of carbonyl (C=O) groups excluding carboxylic acids is 1.